The molecule has 0 spiro atoms. The van der Waals surface area contributed by atoms with E-state index in [9.17, 15) is 9.59 Å². The Hall–Kier alpha value is -4.41. The van der Waals surface area contributed by atoms with Crippen LogP contribution in [0.5, 0.6) is 5.75 Å². The number of nitrogens with one attached hydrogen (secondary N) is 2. The third kappa shape index (κ3) is 4.55. The summed E-state index contributed by atoms with van der Waals surface area (Å²) in [6.07, 6.45) is 2.19. The van der Waals surface area contributed by atoms with Gasteiger partial charge >= 0.3 is 0 Å². The number of fused-ring (bicyclic) bond motifs is 2. The zero-order valence-corrected chi connectivity index (χ0v) is 21.9. The molecule has 9 nitrogen and oxygen atoms in total. The molecule has 0 unspecified atom stereocenters. The maximum Gasteiger partial charge on any atom is 0.272 e. The summed E-state index contributed by atoms with van der Waals surface area (Å²) in [5, 5.41) is 9.49. The van der Waals surface area contributed by atoms with Crippen LogP contribution in [0.4, 0.5) is 11.5 Å². The fourth-order valence-electron chi connectivity index (χ4n) is 4.50. The first-order valence-corrected chi connectivity index (χ1v) is 13.0. The molecule has 0 fully saturated rings. The number of aryl methyl sites for hydroxylation is 1. The molecule has 2 amide bonds. The van der Waals surface area contributed by atoms with Crippen LogP contribution in [-0.4, -0.2) is 41.6 Å². The first-order valence-electron chi connectivity index (χ1n) is 12.1. The van der Waals surface area contributed by atoms with Gasteiger partial charge in [0.1, 0.15) is 17.3 Å². The third-order valence-electron chi connectivity index (χ3n) is 6.48. The summed E-state index contributed by atoms with van der Waals surface area (Å²) in [7, 11) is 3.42. The Morgan fingerprint density at radius 1 is 1.13 bits per heavy atom. The fourth-order valence-corrected chi connectivity index (χ4v) is 5.59. The van der Waals surface area contributed by atoms with E-state index in [2.05, 4.69) is 15.6 Å². The number of thiophene rings is 1. The molecular formula is C28H28N6O3S. The van der Waals surface area contributed by atoms with Crippen LogP contribution < -0.4 is 26.8 Å². The number of hydrogen-bond acceptors (Lipinski definition) is 7. The van der Waals surface area contributed by atoms with E-state index in [1.807, 2.05) is 59.5 Å². The average Bonchev–Trinajstić information content (AvgIpc) is 3.52. The summed E-state index contributed by atoms with van der Waals surface area (Å²) < 4.78 is 8.25. The number of nitrogens with zero attached hydrogens (tertiary/aromatic N) is 2. The Kier molecular flexibility index (Phi) is 6.99. The van der Waals surface area contributed by atoms with Crippen LogP contribution in [0, 0.1) is 0 Å². The highest BCUT2D eigenvalue weighted by Crippen LogP contribution is 2.41. The van der Waals surface area contributed by atoms with Crippen molar-refractivity contribution in [3.05, 3.63) is 71.4 Å². The zero-order chi connectivity index (χ0) is 26.8. The first kappa shape index (κ1) is 25.2. The smallest absolute Gasteiger partial charge is 0.272 e. The highest BCUT2D eigenvalue weighted by molar-refractivity contribution is 7.18. The lowest BCUT2D eigenvalue weighted by Crippen LogP contribution is -2.26. The number of nitrogen functional groups attached to an aromatic ring is 1. The summed E-state index contributed by atoms with van der Waals surface area (Å²) in [5.41, 5.74) is 16.0. The van der Waals surface area contributed by atoms with Crippen molar-refractivity contribution in [3.63, 3.8) is 0 Å². The number of anilines is 2. The van der Waals surface area contributed by atoms with Crippen LogP contribution in [0.3, 0.4) is 0 Å². The molecular weight excluding hydrogens is 500 g/mol. The van der Waals surface area contributed by atoms with Crippen molar-refractivity contribution in [1.29, 1.82) is 0 Å². The minimum Gasteiger partial charge on any atom is -0.495 e. The number of pyridine rings is 1. The van der Waals surface area contributed by atoms with E-state index in [1.165, 1.54) is 17.5 Å². The Morgan fingerprint density at radius 3 is 2.71 bits per heavy atom. The molecule has 0 atom stereocenters. The molecule has 0 saturated heterocycles. The maximum absolute atomic E-state index is 13.1. The van der Waals surface area contributed by atoms with Crippen molar-refractivity contribution in [2.45, 2.75) is 6.42 Å². The van der Waals surface area contributed by atoms with Crippen LogP contribution in [0.1, 0.15) is 27.3 Å². The number of carbonyl (C=O) groups excluding carboxylic acids is 2. The van der Waals surface area contributed by atoms with Gasteiger partial charge in [0.25, 0.3) is 11.8 Å². The molecule has 6 N–H and O–H groups in total. The first-order chi connectivity index (χ1) is 18.4. The Labute approximate surface area is 223 Å². The van der Waals surface area contributed by atoms with Gasteiger partial charge in [0.2, 0.25) is 0 Å². The van der Waals surface area contributed by atoms with Gasteiger partial charge in [-0.05, 0) is 48.2 Å². The third-order valence-corrected chi connectivity index (χ3v) is 7.49. The number of hydrogen-bond donors (Lipinski definition) is 4. The lowest BCUT2D eigenvalue weighted by atomic mass is 10.0. The fraction of sp³-hybridized carbons (Fsp3) is 0.179. The molecule has 5 rings (SSSR count). The van der Waals surface area contributed by atoms with E-state index in [1.54, 1.807) is 13.2 Å². The van der Waals surface area contributed by atoms with Gasteiger partial charge in [-0.15, -0.1) is 11.3 Å². The van der Waals surface area contributed by atoms with Crippen LogP contribution in [0.15, 0.2) is 60.1 Å². The van der Waals surface area contributed by atoms with Crippen molar-refractivity contribution in [3.8, 4) is 16.9 Å². The molecule has 3 aromatic heterocycles. The van der Waals surface area contributed by atoms with Crippen molar-refractivity contribution in [1.82, 2.24) is 14.9 Å². The van der Waals surface area contributed by atoms with Crippen LogP contribution in [0.2, 0.25) is 0 Å². The number of carbonyl (C=O) groups is 2. The van der Waals surface area contributed by atoms with Crippen LogP contribution in [-0.2, 0) is 7.05 Å². The zero-order valence-electron chi connectivity index (χ0n) is 21.1. The van der Waals surface area contributed by atoms with Gasteiger partial charge < -0.3 is 31.4 Å². The van der Waals surface area contributed by atoms with Crippen molar-refractivity contribution in [2.75, 3.05) is 31.2 Å². The van der Waals surface area contributed by atoms with Gasteiger partial charge in [-0.3, -0.25) is 9.59 Å². The topological polar surface area (TPSA) is 137 Å². The number of methoxy groups -OCH3 is 1. The molecule has 38 heavy (non-hydrogen) atoms. The maximum atomic E-state index is 13.1. The highest BCUT2D eigenvalue weighted by Gasteiger charge is 2.20. The van der Waals surface area contributed by atoms with Gasteiger partial charge in [0.05, 0.1) is 23.1 Å². The van der Waals surface area contributed by atoms with Gasteiger partial charge in [0, 0.05) is 41.6 Å². The number of rotatable bonds is 8. The molecule has 0 radical (unpaired) electrons. The molecule has 0 aliphatic heterocycles. The summed E-state index contributed by atoms with van der Waals surface area (Å²) in [6.45, 7) is 0.988. The Morgan fingerprint density at radius 2 is 1.95 bits per heavy atom. The largest absolute Gasteiger partial charge is 0.495 e. The van der Waals surface area contributed by atoms with Gasteiger partial charge in [-0.1, -0.05) is 24.3 Å². The normalized spacial score (nSPS) is 11.1. The summed E-state index contributed by atoms with van der Waals surface area (Å²) in [4.78, 5) is 30.2. The second-order valence-corrected chi connectivity index (χ2v) is 9.70. The number of para-hydroxylation sites is 1. The van der Waals surface area contributed by atoms with Crippen LogP contribution >= 0.6 is 11.3 Å². The predicted molar refractivity (Wildman–Crippen MR) is 153 cm³/mol. The van der Waals surface area contributed by atoms with Gasteiger partial charge in [0.15, 0.2) is 0 Å². The number of benzene rings is 2. The molecule has 0 aliphatic rings. The van der Waals surface area contributed by atoms with Crippen molar-refractivity contribution < 1.29 is 14.3 Å². The molecule has 0 saturated carbocycles. The number of ether oxygens (including phenoxy) is 1. The van der Waals surface area contributed by atoms with E-state index in [-0.39, 0.29) is 11.8 Å². The number of nitrogens with two attached hydrogens (primary N) is 2. The summed E-state index contributed by atoms with van der Waals surface area (Å²) in [5.74, 6) is 0.376. The van der Waals surface area contributed by atoms with Crippen molar-refractivity contribution >= 4 is 55.6 Å². The van der Waals surface area contributed by atoms with E-state index < -0.39 is 0 Å². The lowest BCUT2D eigenvalue weighted by molar-refractivity contribution is 0.0954. The molecule has 2 aromatic carbocycles. The minimum atomic E-state index is -0.241. The van der Waals surface area contributed by atoms with E-state index in [0.717, 1.165) is 26.7 Å². The van der Waals surface area contributed by atoms with Gasteiger partial charge in [-0.25, -0.2) is 4.98 Å². The number of aromatic nitrogens is 2. The van der Waals surface area contributed by atoms with E-state index in [0.29, 0.717) is 53.4 Å². The second kappa shape index (κ2) is 10.5. The lowest BCUT2D eigenvalue weighted by Gasteiger charge is -2.13. The standard InChI is InChI=1S/C28H28N6O3S/c1-34-21-7-4-3-6-17(21)12-22(34)28(36)33-20-9-8-16(13-23(20)37-2)19-15-38-25-18(14-32-26(30)24(19)25)27(35)31-11-5-10-29/h3-4,6-9,12-15H,5,10-11,29H2,1-2H3,(H2,30,32)(H,31,35)(H,33,36). The van der Waals surface area contributed by atoms with Gasteiger partial charge in [-0.2, -0.15) is 0 Å². The van der Waals surface area contributed by atoms with E-state index >= 15 is 0 Å². The van der Waals surface area contributed by atoms with E-state index in [4.69, 9.17) is 16.2 Å². The predicted octanol–water partition coefficient (Wildman–Crippen LogP) is 4.38. The van der Waals surface area contributed by atoms with Crippen molar-refractivity contribution in [2.24, 2.45) is 12.8 Å². The number of amides is 2. The Balaban J connectivity index is 1.46. The summed E-state index contributed by atoms with van der Waals surface area (Å²) in [6, 6.07) is 15.2. The van der Waals surface area contributed by atoms with Crippen LogP contribution in [0.25, 0.3) is 32.1 Å². The minimum absolute atomic E-state index is 0.215. The molecule has 194 valence electrons. The average molecular weight is 529 g/mol. The molecule has 0 bridgehead atoms. The molecule has 3 heterocycles. The quantitative estimate of drug-likeness (QED) is 0.221. The molecule has 5 aromatic rings. The molecule has 0 aliphatic carbocycles. The Bertz CT molecular complexity index is 1670. The summed E-state index contributed by atoms with van der Waals surface area (Å²) >= 11 is 1.43. The molecule has 10 heteroatoms. The SMILES string of the molecule is COc1cc(-c2csc3c(C(=O)NCCCN)cnc(N)c23)ccc1NC(=O)c1cc2ccccc2n1C. The monoisotopic (exact) mass is 528 g/mol. The highest BCUT2D eigenvalue weighted by atomic mass is 32.1. The second-order valence-electron chi connectivity index (χ2n) is 8.83.